The van der Waals surface area contributed by atoms with E-state index in [4.69, 9.17) is 0 Å². The molecule has 14 heavy (non-hydrogen) atoms. The number of hydrogen-bond acceptors (Lipinski definition) is 0. The lowest BCUT2D eigenvalue weighted by molar-refractivity contribution is 0.372. The molecule has 0 aliphatic carbocycles. The van der Waals surface area contributed by atoms with Gasteiger partial charge in [0.1, 0.15) is 0 Å². The van der Waals surface area contributed by atoms with Gasteiger partial charge in [-0.1, -0.05) is 67.9 Å². The first kappa shape index (κ1) is 11.8. The summed E-state index contributed by atoms with van der Waals surface area (Å²) < 4.78 is 0. The minimum Gasteiger partial charge on any atom is -0.0876 e. The molecule has 0 aliphatic rings. The van der Waals surface area contributed by atoms with Crippen LogP contribution in [0.2, 0.25) is 0 Å². The van der Waals surface area contributed by atoms with Gasteiger partial charge in [-0.15, -0.1) is 0 Å². The fourth-order valence-electron chi connectivity index (χ4n) is 1.36. The Morgan fingerprint density at radius 1 is 1.14 bits per heavy atom. The van der Waals surface area contributed by atoms with Crippen molar-refractivity contribution in [3.8, 4) is 0 Å². The second kappa shape index (κ2) is 4.48. The van der Waals surface area contributed by atoms with E-state index in [1.165, 1.54) is 11.1 Å². The zero-order chi connectivity index (χ0) is 10.8. The Kier molecular flexibility index (Phi) is 3.77. The summed E-state index contributed by atoms with van der Waals surface area (Å²) in [5.41, 5.74) is 3.04. The van der Waals surface area contributed by atoms with Gasteiger partial charge in [-0.2, -0.15) is 0 Å². The topological polar surface area (TPSA) is 0 Å². The number of rotatable bonds is 3. The van der Waals surface area contributed by atoms with Crippen molar-refractivity contribution in [3.63, 3.8) is 0 Å². The Balaban J connectivity index is 2.97. The molecule has 0 saturated heterocycles. The lowest BCUT2D eigenvalue weighted by Gasteiger charge is -2.30. The highest BCUT2D eigenvalue weighted by Crippen LogP contribution is 2.31. The molecule has 0 heterocycles. The Hall–Kier alpha value is -0.300. The average Bonchev–Trinajstić information content (AvgIpc) is 2.17. The molecule has 0 amide bonds. The van der Waals surface area contributed by atoms with E-state index >= 15 is 0 Å². The molecule has 0 saturated carbocycles. The van der Waals surface area contributed by atoms with Crippen LogP contribution in [0.1, 0.15) is 38.8 Å². The maximum atomic E-state index is 3.46. The van der Waals surface area contributed by atoms with Gasteiger partial charge >= 0.3 is 0 Å². The second-order valence-electron chi connectivity index (χ2n) is 4.71. The van der Waals surface area contributed by atoms with Gasteiger partial charge in [0, 0.05) is 5.33 Å². The summed E-state index contributed by atoms with van der Waals surface area (Å²) in [4.78, 5) is 0. The van der Waals surface area contributed by atoms with Gasteiger partial charge in [-0.25, -0.2) is 0 Å². The Labute approximate surface area is 95.9 Å². The van der Waals surface area contributed by atoms with Gasteiger partial charge < -0.3 is 0 Å². The van der Waals surface area contributed by atoms with Crippen LogP contribution >= 0.6 is 15.9 Å². The van der Waals surface area contributed by atoms with E-state index in [1.807, 2.05) is 0 Å². The van der Waals surface area contributed by atoms with Crippen LogP contribution in [-0.4, -0.2) is 0 Å². The summed E-state index contributed by atoms with van der Waals surface area (Å²) >= 11 is 3.46. The quantitative estimate of drug-likeness (QED) is 0.697. The third-order valence-electron chi connectivity index (χ3n) is 3.30. The Morgan fingerprint density at radius 2 is 1.64 bits per heavy atom. The molecular formula is C13H19Br. The number of hydrogen-bond donors (Lipinski definition) is 0. The molecule has 1 rings (SSSR count). The molecule has 78 valence electrons. The molecule has 0 radical (unpaired) electrons. The molecule has 0 N–H and O–H groups in total. The second-order valence-corrected chi connectivity index (χ2v) is 5.27. The van der Waals surface area contributed by atoms with Gasteiger partial charge in [-0.05, 0) is 22.5 Å². The van der Waals surface area contributed by atoms with Gasteiger partial charge in [-0.3, -0.25) is 0 Å². The number of halogens is 1. The summed E-state index contributed by atoms with van der Waals surface area (Å²) in [7, 11) is 0. The molecule has 1 aromatic carbocycles. The van der Waals surface area contributed by atoms with E-state index in [0.717, 1.165) is 5.33 Å². The van der Waals surface area contributed by atoms with Crippen molar-refractivity contribution >= 4 is 15.9 Å². The van der Waals surface area contributed by atoms with Gasteiger partial charge in [0.25, 0.3) is 0 Å². The van der Waals surface area contributed by atoms with E-state index in [-0.39, 0.29) is 5.41 Å². The van der Waals surface area contributed by atoms with Gasteiger partial charge in [0.2, 0.25) is 0 Å². The molecule has 0 aromatic heterocycles. The first-order valence-electron chi connectivity index (χ1n) is 5.14. The van der Waals surface area contributed by atoms with Crippen LogP contribution < -0.4 is 0 Å². The van der Waals surface area contributed by atoms with Gasteiger partial charge in [0.05, 0.1) is 0 Å². The van der Waals surface area contributed by atoms with Crippen molar-refractivity contribution in [1.82, 2.24) is 0 Å². The van der Waals surface area contributed by atoms with Crippen molar-refractivity contribution in [3.05, 3.63) is 35.4 Å². The Morgan fingerprint density at radius 3 is 2.00 bits per heavy atom. The molecule has 0 aliphatic heterocycles. The largest absolute Gasteiger partial charge is 0.0876 e. The zero-order valence-corrected chi connectivity index (χ0v) is 11.1. The molecule has 0 nitrogen and oxygen atoms in total. The van der Waals surface area contributed by atoms with E-state index in [0.29, 0.717) is 5.92 Å². The molecule has 0 atom stereocenters. The zero-order valence-electron chi connectivity index (χ0n) is 9.47. The van der Waals surface area contributed by atoms with E-state index < -0.39 is 0 Å². The molecule has 0 unspecified atom stereocenters. The molecule has 0 spiro atoms. The Bertz CT molecular complexity index is 283. The smallest absolute Gasteiger partial charge is 0.0283 e. The van der Waals surface area contributed by atoms with Crippen LogP contribution in [0.4, 0.5) is 0 Å². The average molecular weight is 255 g/mol. The summed E-state index contributed by atoms with van der Waals surface area (Å²) in [5.74, 6) is 0.664. The highest BCUT2D eigenvalue weighted by Gasteiger charge is 2.24. The molecule has 1 aromatic rings. The highest BCUT2D eigenvalue weighted by atomic mass is 79.9. The lowest BCUT2D eigenvalue weighted by atomic mass is 9.75. The van der Waals surface area contributed by atoms with Crippen LogP contribution in [0.5, 0.6) is 0 Å². The fraction of sp³-hybridized carbons (Fsp3) is 0.538. The molecule has 1 heteroatoms. The van der Waals surface area contributed by atoms with Crippen molar-refractivity contribution in [2.24, 2.45) is 5.92 Å². The molecular weight excluding hydrogens is 236 g/mol. The summed E-state index contributed by atoms with van der Waals surface area (Å²) in [6, 6.07) is 8.90. The maximum Gasteiger partial charge on any atom is 0.0283 e. The predicted octanol–water partition coefficient (Wildman–Crippen LogP) is 4.52. The first-order chi connectivity index (χ1) is 6.48. The van der Waals surface area contributed by atoms with Gasteiger partial charge in [0.15, 0.2) is 0 Å². The van der Waals surface area contributed by atoms with Crippen LogP contribution in [0.3, 0.4) is 0 Å². The molecule has 0 fully saturated rings. The fourth-order valence-corrected chi connectivity index (χ4v) is 1.73. The number of benzene rings is 1. The first-order valence-corrected chi connectivity index (χ1v) is 6.26. The molecule has 0 bridgehead atoms. The van der Waals surface area contributed by atoms with Crippen molar-refractivity contribution in [1.29, 1.82) is 0 Å². The van der Waals surface area contributed by atoms with Crippen LogP contribution in [0.15, 0.2) is 24.3 Å². The van der Waals surface area contributed by atoms with Crippen molar-refractivity contribution in [2.75, 3.05) is 0 Å². The minimum atomic E-state index is 0.269. The lowest BCUT2D eigenvalue weighted by Crippen LogP contribution is -2.24. The normalized spacial score (nSPS) is 12.1. The SMILES string of the molecule is CC(C)C(C)(C)c1ccc(CBr)cc1. The van der Waals surface area contributed by atoms with Crippen molar-refractivity contribution < 1.29 is 0 Å². The van der Waals surface area contributed by atoms with Crippen LogP contribution in [0, 0.1) is 5.92 Å². The van der Waals surface area contributed by atoms with Crippen molar-refractivity contribution in [2.45, 2.75) is 38.4 Å². The minimum absolute atomic E-state index is 0.269. The third kappa shape index (κ3) is 2.38. The predicted molar refractivity (Wildman–Crippen MR) is 66.9 cm³/mol. The maximum absolute atomic E-state index is 3.46. The van der Waals surface area contributed by atoms with E-state index in [1.54, 1.807) is 0 Å². The third-order valence-corrected chi connectivity index (χ3v) is 3.94. The highest BCUT2D eigenvalue weighted by molar-refractivity contribution is 9.08. The summed E-state index contributed by atoms with van der Waals surface area (Å²) in [6.07, 6.45) is 0. The van der Waals surface area contributed by atoms with E-state index in [9.17, 15) is 0 Å². The standard InChI is InChI=1S/C13H19Br/c1-10(2)13(3,4)12-7-5-11(9-14)6-8-12/h5-8,10H,9H2,1-4H3. The summed E-state index contributed by atoms with van der Waals surface area (Å²) in [5, 5.41) is 0.940. The monoisotopic (exact) mass is 254 g/mol. The van der Waals surface area contributed by atoms with E-state index in [2.05, 4.69) is 67.9 Å². The van der Waals surface area contributed by atoms with Crippen LogP contribution in [0.25, 0.3) is 0 Å². The summed E-state index contributed by atoms with van der Waals surface area (Å²) in [6.45, 7) is 9.17. The van der Waals surface area contributed by atoms with Crippen LogP contribution in [-0.2, 0) is 10.7 Å². The number of alkyl halides is 1.